The van der Waals surface area contributed by atoms with Gasteiger partial charge in [-0.1, -0.05) is 0 Å². The van der Waals surface area contributed by atoms with Crippen LogP contribution in [0.4, 0.5) is 0 Å². The molecule has 2 rings (SSSR count). The quantitative estimate of drug-likeness (QED) is 0.819. The summed E-state index contributed by atoms with van der Waals surface area (Å²) in [6.07, 6.45) is 1.72. The van der Waals surface area contributed by atoms with Crippen LogP contribution in [-0.4, -0.2) is 33.9 Å². The van der Waals surface area contributed by atoms with Gasteiger partial charge in [0.1, 0.15) is 12.2 Å². The van der Waals surface area contributed by atoms with Gasteiger partial charge in [-0.3, -0.25) is 14.0 Å². The second kappa shape index (κ2) is 6.58. The first-order valence-electron chi connectivity index (χ1n) is 7.39. The van der Waals surface area contributed by atoms with Gasteiger partial charge in [-0.15, -0.1) is 11.3 Å². The Hall–Kier alpha value is -1.73. The first kappa shape index (κ1) is 16.6. The lowest BCUT2D eigenvalue weighted by molar-refractivity contribution is -0.904. The minimum absolute atomic E-state index is 0.0123. The maximum Gasteiger partial charge on any atom is 0.275 e. The van der Waals surface area contributed by atoms with Crippen molar-refractivity contribution in [1.82, 2.24) is 14.7 Å². The lowest BCUT2D eigenvalue weighted by atomic mass is 10.1. The van der Waals surface area contributed by atoms with Crippen LogP contribution in [-0.2, 0) is 11.3 Å². The Kier molecular flexibility index (Phi) is 4.97. The van der Waals surface area contributed by atoms with Gasteiger partial charge in [-0.25, -0.2) is 4.98 Å². The van der Waals surface area contributed by atoms with E-state index in [2.05, 4.69) is 10.3 Å². The van der Waals surface area contributed by atoms with E-state index < -0.39 is 0 Å². The molecule has 0 aliphatic rings. The number of carbonyl (C=O) groups excluding carboxylic acids is 1. The predicted molar refractivity (Wildman–Crippen MR) is 87.3 cm³/mol. The normalized spacial score (nSPS) is 13.3. The highest BCUT2D eigenvalue weighted by molar-refractivity contribution is 7.15. The van der Waals surface area contributed by atoms with Crippen molar-refractivity contribution in [3.8, 4) is 0 Å². The fourth-order valence-electron chi connectivity index (χ4n) is 2.24. The van der Waals surface area contributed by atoms with Gasteiger partial charge in [-0.2, -0.15) is 0 Å². The Morgan fingerprint density at radius 2 is 2.18 bits per heavy atom. The van der Waals surface area contributed by atoms with Crippen LogP contribution in [0.5, 0.6) is 0 Å². The number of nitrogens with zero attached hydrogens (tertiary/aromatic N) is 2. The van der Waals surface area contributed by atoms with Crippen LogP contribution >= 0.6 is 11.3 Å². The van der Waals surface area contributed by atoms with Crippen molar-refractivity contribution in [3.05, 3.63) is 33.7 Å². The Balaban J connectivity index is 2.08. The minimum Gasteiger partial charge on any atom is -0.347 e. The van der Waals surface area contributed by atoms with E-state index >= 15 is 0 Å². The molecule has 0 radical (unpaired) electrons. The summed E-state index contributed by atoms with van der Waals surface area (Å²) in [5, 5.41) is 4.80. The molecule has 6 nitrogen and oxygen atoms in total. The van der Waals surface area contributed by atoms with Gasteiger partial charge in [0, 0.05) is 23.2 Å². The lowest BCUT2D eigenvalue weighted by Crippen LogP contribution is -3.11. The fourth-order valence-corrected chi connectivity index (χ4v) is 2.98. The number of amides is 1. The average Bonchev–Trinajstić information content (AvgIpc) is 2.84. The third-order valence-electron chi connectivity index (χ3n) is 3.21. The van der Waals surface area contributed by atoms with Crippen LogP contribution in [0.15, 0.2) is 22.4 Å². The molecule has 22 heavy (non-hydrogen) atoms. The largest absolute Gasteiger partial charge is 0.347 e. The first-order chi connectivity index (χ1) is 10.3. The standard InChI is InChI=1S/C15H22N4O2S/c1-5-18(10-12(20)17-15(2,3)4)9-11-8-13(21)19-6-7-22-14(19)16-11/h6-8H,5,9-10H2,1-4H3,(H,17,20)/p+1. The maximum atomic E-state index is 12.0. The number of rotatable bonds is 5. The molecular weight excluding hydrogens is 300 g/mol. The van der Waals surface area contributed by atoms with Crippen molar-refractivity contribution in [3.63, 3.8) is 0 Å². The highest BCUT2D eigenvalue weighted by atomic mass is 32.1. The van der Waals surface area contributed by atoms with Gasteiger partial charge in [-0.05, 0) is 27.7 Å². The van der Waals surface area contributed by atoms with Crippen LogP contribution in [0.2, 0.25) is 0 Å². The third-order valence-corrected chi connectivity index (χ3v) is 3.97. The van der Waals surface area contributed by atoms with E-state index in [0.717, 1.165) is 17.1 Å². The smallest absolute Gasteiger partial charge is 0.275 e. The molecule has 0 aliphatic heterocycles. The lowest BCUT2D eigenvalue weighted by Gasteiger charge is -2.23. The van der Waals surface area contributed by atoms with Gasteiger partial charge in [0.2, 0.25) is 0 Å². The Bertz CT molecular complexity index is 714. The van der Waals surface area contributed by atoms with Crippen molar-refractivity contribution in [2.45, 2.75) is 39.8 Å². The summed E-state index contributed by atoms with van der Waals surface area (Å²) in [6, 6.07) is 1.55. The summed E-state index contributed by atoms with van der Waals surface area (Å²) in [5.74, 6) is 0.0123. The maximum absolute atomic E-state index is 12.0. The Labute approximate surface area is 133 Å². The molecule has 2 N–H and O–H groups in total. The summed E-state index contributed by atoms with van der Waals surface area (Å²) in [4.78, 5) is 30.3. The van der Waals surface area contributed by atoms with Crippen molar-refractivity contribution in [2.24, 2.45) is 0 Å². The molecule has 1 amide bonds. The first-order valence-corrected chi connectivity index (χ1v) is 8.27. The van der Waals surface area contributed by atoms with Crippen LogP contribution in [0.1, 0.15) is 33.4 Å². The predicted octanol–water partition coefficient (Wildman–Crippen LogP) is 0.0755. The number of hydrogen-bond donors (Lipinski definition) is 2. The second-order valence-corrected chi connectivity index (χ2v) is 7.27. The van der Waals surface area contributed by atoms with Crippen LogP contribution in [0, 0.1) is 0 Å². The second-order valence-electron chi connectivity index (χ2n) is 6.40. The van der Waals surface area contributed by atoms with E-state index in [0.29, 0.717) is 18.1 Å². The van der Waals surface area contributed by atoms with Crippen molar-refractivity contribution in [1.29, 1.82) is 0 Å². The summed E-state index contributed by atoms with van der Waals surface area (Å²) in [7, 11) is 0. The number of thiazole rings is 1. The van der Waals surface area contributed by atoms with E-state index in [1.54, 1.807) is 12.3 Å². The SMILES string of the molecule is CC[NH+](CC(=O)NC(C)(C)C)Cc1cc(=O)n2ccsc2n1. The molecule has 0 spiro atoms. The molecule has 0 saturated carbocycles. The molecule has 2 aromatic rings. The van der Waals surface area contributed by atoms with E-state index in [9.17, 15) is 9.59 Å². The Morgan fingerprint density at radius 1 is 1.45 bits per heavy atom. The number of aromatic nitrogens is 2. The minimum atomic E-state index is -0.233. The summed E-state index contributed by atoms with van der Waals surface area (Å²) < 4.78 is 1.53. The molecule has 2 aromatic heterocycles. The molecule has 1 unspecified atom stereocenters. The van der Waals surface area contributed by atoms with Crippen LogP contribution in [0.25, 0.3) is 4.96 Å². The highest BCUT2D eigenvalue weighted by Crippen LogP contribution is 2.05. The zero-order chi connectivity index (χ0) is 16.3. The average molecular weight is 323 g/mol. The molecule has 0 aromatic carbocycles. The summed E-state index contributed by atoms with van der Waals surface area (Å²) in [5.41, 5.74) is 0.423. The molecule has 1 atom stereocenters. The van der Waals surface area contributed by atoms with Gasteiger partial charge < -0.3 is 10.2 Å². The zero-order valence-electron chi connectivity index (χ0n) is 13.5. The summed E-state index contributed by atoms with van der Waals surface area (Å²) >= 11 is 1.44. The van der Waals surface area contributed by atoms with Crippen LogP contribution < -0.4 is 15.8 Å². The number of hydrogen-bond acceptors (Lipinski definition) is 4. The van der Waals surface area contributed by atoms with Gasteiger partial charge in [0.05, 0.1) is 6.54 Å². The highest BCUT2D eigenvalue weighted by Gasteiger charge is 2.19. The summed E-state index contributed by atoms with van der Waals surface area (Å²) in [6.45, 7) is 9.65. The number of carbonyl (C=O) groups is 1. The van der Waals surface area contributed by atoms with Gasteiger partial charge in [0.25, 0.3) is 11.5 Å². The molecule has 0 fully saturated rings. The molecule has 7 heteroatoms. The number of quaternary nitrogens is 1. The van der Waals surface area contributed by atoms with Crippen LogP contribution in [0.3, 0.4) is 0 Å². The third kappa shape index (κ3) is 4.38. The van der Waals surface area contributed by atoms with Crippen molar-refractivity contribution < 1.29 is 9.69 Å². The van der Waals surface area contributed by atoms with E-state index in [-0.39, 0.29) is 17.0 Å². The Morgan fingerprint density at radius 3 is 2.82 bits per heavy atom. The molecule has 0 aliphatic carbocycles. The molecule has 120 valence electrons. The van der Waals surface area contributed by atoms with Gasteiger partial charge >= 0.3 is 0 Å². The fraction of sp³-hybridized carbons (Fsp3) is 0.533. The zero-order valence-corrected chi connectivity index (χ0v) is 14.3. The number of fused-ring (bicyclic) bond motifs is 1. The van der Waals surface area contributed by atoms with Gasteiger partial charge in [0.15, 0.2) is 11.5 Å². The number of likely N-dealkylation sites (N-methyl/N-ethyl adjacent to an activating group) is 1. The van der Waals surface area contributed by atoms with E-state index in [1.807, 2.05) is 33.1 Å². The molecule has 0 bridgehead atoms. The molecular formula is C15H23N4O2S+. The number of nitrogens with one attached hydrogen (secondary N) is 2. The van der Waals surface area contributed by atoms with E-state index in [1.165, 1.54) is 15.7 Å². The molecule has 0 saturated heterocycles. The topological polar surface area (TPSA) is 67.9 Å². The monoisotopic (exact) mass is 323 g/mol. The molecule has 2 heterocycles. The van der Waals surface area contributed by atoms with Crippen molar-refractivity contribution in [2.75, 3.05) is 13.1 Å². The van der Waals surface area contributed by atoms with Crippen molar-refractivity contribution >= 4 is 22.2 Å². The van der Waals surface area contributed by atoms with E-state index in [4.69, 9.17) is 0 Å².